The van der Waals surface area contributed by atoms with Gasteiger partial charge in [0.25, 0.3) is 0 Å². The molecule has 2 aromatic rings. The third-order valence-corrected chi connectivity index (χ3v) is 8.77. The molecule has 2 atom stereocenters. The topological polar surface area (TPSA) is 44.4 Å². The number of nitrogens with one attached hydrogen (secondary N) is 2. The van der Waals surface area contributed by atoms with E-state index >= 15 is 0 Å². The van der Waals surface area contributed by atoms with E-state index < -0.39 is 5.41 Å². The summed E-state index contributed by atoms with van der Waals surface area (Å²) in [6.07, 6.45) is 6.61. The van der Waals surface area contributed by atoms with Crippen LogP contribution in [-0.2, 0) is 10.3 Å². The number of hydrogen-bond donors (Lipinski definition) is 2. The highest BCUT2D eigenvalue weighted by Crippen LogP contribution is 2.39. The Balaban J connectivity index is 0.00000380. The third kappa shape index (κ3) is 7.64. The molecule has 0 bridgehead atoms. The molecule has 2 aliphatic rings. The van der Waals surface area contributed by atoms with Crippen LogP contribution in [0, 0.1) is 11.3 Å². The molecule has 4 rings (SSSR count). The smallest absolute Gasteiger partial charge is 0.226 e. The van der Waals surface area contributed by atoms with E-state index in [9.17, 15) is 4.79 Å². The predicted molar refractivity (Wildman–Crippen MR) is 158 cm³/mol. The van der Waals surface area contributed by atoms with Gasteiger partial charge in [0.1, 0.15) is 0 Å². The van der Waals surface area contributed by atoms with Crippen LogP contribution in [0.3, 0.4) is 0 Å². The molecular formula is C30H42Cl3N3O. The average Bonchev–Trinajstić information content (AvgIpc) is 2.88. The largest absolute Gasteiger partial charge is 0.346 e. The van der Waals surface area contributed by atoms with Gasteiger partial charge in [-0.2, -0.15) is 0 Å². The molecule has 2 heterocycles. The Hall–Kier alpha value is -1.30. The Morgan fingerprint density at radius 3 is 2.41 bits per heavy atom. The summed E-state index contributed by atoms with van der Waals surface area (Å²) >= 11 is 12.7. The van der Waals surface area contributed by atoms with Crippen LogP contribution in [0.15, 0.2) is 48.5 Å². The summed E-state index contributed by atoms with van der Waals surface area (Å²) in [5, 5.41) is 8.25. The van der Waals surface area contributed by atoms with E-state index in [0.29, 0.717) is 10.0 Å². The van der Waals surface area contributed by atoms with E-state index in [1.54, 1.807) is 0 Å². The number of benzene rings is 2. The minimum atomic E-state index is -0.435. The van der Waals surface area contributed by atoms with Crippen molar-refractivity contribution in [1.82, 2.24) is 15.5 Å². The van der Waals surface area contributed by atoms with Gasteiger partial charge in [-0.1, -0.05) is 80.4 Å². The maximum Gasteiger partial charge on any atom is 0.226 e. The van der Waals surface area contributed by atoms with Gasteiger partial charge in [0, 0.05) is 24.5 Å². The van der Waals surface area contributed by atoms with Crippen LogP contribution >= 0.6 is 35.6 Å². The van der Waals surface area contributed by atoms with Gasteiger partial charge in [-0.3, -0.25) is 9.69 Å². The lowest BCUT2D eigenvalue weighted by atomic mass is 9.78. The van der Waals surface area contributed by atoms with E-state index in [4.69, 9.17) is 23.2 Å². The number of rotatable bonds is 7. The molecule has 37 heavy (non-hydrogen) atoms. The second kappa shape index (κ2) is 13.2. The monoisotopic (exact) mass is 565 g/mol. The number of carbonyl (C=O) groups is 1. The highest BCUT2D eigenvalue weighted by atomic mass is 35.5. The lowest BCUT2D eigenvalue weighted by Crippen LogP contribution is -2.55. The summed E-state index contributed by atoms with van der Waals surface area (Å²) in [5.74, 6) is 0.828. The number of piperidine rings is 2. The zero-order chi connectivity index (χ0) is 25.8. The molecule has 1 amide bonds. The zero-order valence-corrected chi connectivity index (χ0v) is 24.7. The predicted octanol–water partition coefficient (Wildman–Crippen LogP) is 7.39. The van der Waals surface area contributed by atoms with E-state index in [-0.39, 0.29) is 29.9 Å². The minimum absolute atomic E-state index is 0. The highest BCUT2D eigenvalue weighted by molar-refractivity contribution is 6.42. The van der Waals surface area contributed by atoms with Gasteiger partial charge in [-0.25, -0.2) is 0 Å². The van der Waals surface area contributed by atoms with Crippen molar-refractivity contribution in [2.45, 2.75) is 70.9 Å². The first kappa shape index (κ1) is 30.2. The van der Waals surface area contributed by atoms with E-state index in [1.165, 1.54) is 30.4 Å². The molecule has 2 N–H and O–H groups in total. The van der Waals surface area contributed by atoms with Crippen molar-refractivity contribution in [3.05, 3.63) is 69.7 Å². The molecular weight excluding hydrogens is 525 g/mol. The van der Waals surface area contributed by atoms with Crippen LogP contribution in [0.5, 0.6) is 0 Å². The van der Waals surface area contributed by atoms with Crippen molar-refractivity contribution < 1.29 is 4.79 Å². The molecule has 0 aliphatic carbocycles. The molecule has 7 heteroatoms. The molecule has 2 aromatic carbocycles. The Morgan fingerprint density at radius 2 is 1.81 bits per heavy atom. The van der Waals surface area contributed by atoms with Crippen LogP contribution in [-0.4, -0.2) is 37.0 Å². The lowest BCUT2D eigenvalue weighted by molar-refractivity contribution is -0.131. The standard InChI is InChI=1S/C30H41Cl2N3O.ClH/c1-29(2,3)28(36)34-30(24-9-5-4-6-10-24)15-18-35(19-16-30)27(14-11-22-8-7-17-33-21-22)23-12-13-25(31)26(32)20-23;/h4-6,9-10,12-13,20,22,27,33H,7-8,11,14-19,21H2,1-3H3,(H,34,36);1H. The van der Waals surface area contributed by atoms with Crippen molar-refractivity contribution in [2.75, 3.05) is 26.2 Å². The van der Waals surface area contributed by atoms with Crippen LogP contribution < -0.4 is 10.6 Å². The molecule has 2 saturated heterocycles. The Labute approximate surface area is 239 Å². The van der Waals surface area contributed by atoms with E-state index in [1.807, 2.05) is 39.0 Å². The van der Waals surface area contributed by atoms with Gasteiger partial charge in [0.05, 0.1) is 15.6 Å². The van der Waals surface area contributed by atoms with Crippen LogP contribution in [0.25, 0.3) is 0 Å². The first-order chi connectivity index (χ1) is 17.2. The Morgan fingerprint density at radius 1 is 1.11 bits per heavy atom. The summed E-state index contributed by atoms with van der Waals surface area (Å²) in [4.78, 5) is 15.7. The second-order valence-electron chi connectivity index (χ2n) is 11.7. The molecule has 2 aliphatic heterocycles. The first-order valence-corrected chi connectivity index (χ1v) is 14.2. The Bertz CT molecular complexity index is 1010. The maximum atomic E-state index is 13.1. The van der Waals surface area contributed by atoms with Crippen LogP contribution in [0.1, 0.15) is 76.5 Å². The van der Waals surface area contributed by atoms with E-state index in [2.05, 4.69) is 45.9 Å². The summed E-state index contributed by atoms with van der Waals surface area (Å²) in [6, 6.07) is 16.9. The van der Waals surface area contributed by atoms with Crippen molar-refractivity contribution in [2.24, 2.45) is 11.3 Å². The second-order valence-corrected chi connectivity index (χ2v) is 12.5. The fourth-order valence-corrected chi connectivity index (χ4v) is 6.02. The van der Waals surface area contributed by atoms with Crippen molar-refractivity contribution in [3.63, 3.8) is 0 Å². The summed E-state index contributed by atoms with van der Waals surface area (Å²) in [6.45, 7) is 10.0. The van der Waals surface area contributed by atoms with Gasteiger partial charge in [-0.05, 0) is 80.8 Å². The number of likely N-dealkylation sites (tertiary alicyclic amines) is 1. The molecule has 2 unspecified atom stereocenters. The molecule has 0 saturated carbocycles. The van der Waals surface area contributed by atoms with Crippen molar-refractivity contribution in [1.29, 1.82) is 0 Å². The van der Waals surface area contributed by atoms with Crippen molar-refractivity contribution >= 4 is 41.5 Å². The number of amides is 1. The quantitative estimate of drug-likeness (QED) is 0.367. The molecule has 0 radical (unpaired) electrons. The number of carbonyl (C=O) groups excluding carboxylic acids is 1. The highest BCUT2D eigenvalue weighted by Gasteiger charge is 2.41. The number of nitrogens with zero attached hydrogens (tertiary/aromatic N) is 1. The summed E-state index contributed by atoms with van der Waals surface area (Å²) in [5.41, 5.74) is 1.65. The zero-order valence-electron chi connectivity index (χ0n) is 22.4. The first-order valence-electron chi connectivity index (χ1n) is 13.5. The molecule has 2 fully saturated rings. The lowest BCUT2D eigenvalue weighted by Gasteiger charge is -2.46. The van der Waals surface area contributed by atoms with Gasteiger partial charge in [0.2, 0.25) is 5.91 Å². The number of halogens is 3. The molecule has 0 aromatic heterocycles. The van der Waals surface area contributed by atoms with Crippen molar-refractivity contribution in [3.8, 4) is 0 Å². The van der Waals surface area contributed by atoms with Gasteiger partial charge in [0.15, 0.2) is 0 Å². The normalized spacial score (nSPS) is 21.1. The van der Waals surface area contributed by atoms with Gasteiger partial charge >= 0.3 is 0 Å². The maximum absolute atomic E-state index is 13.1. The molecule has 4 nitrogen and oxygen atoms in total. The fraction of sp³-hybridized carbons (Fsp3) is 0.567. The Kier molecular flexibility index (Phi) is 10.8. The molecule has 204 valence electrons. The van der Waals surface area contributed by atoms with Gasteiger partial charge in [-0.15, -0.1) is 12.4 Å². The van der Waals surface area contributed by atoms with E-state index in [0.717, 1.165) is 51.4 Å². The van der Waals surface area contributed by atoms with Crippen LogP contribution in [0.4, 0.5) is 0 Å². The average molecular weight is 567 g/mol. The third-order valence-electron chi connectivity index (χ3n) is 8.03. The summed E-state index contributed by atoms with van der Waals surface area (Å²) in [7, 11) is 0. The minimum Gasteiger partial charge on any atom is -0.346 e. The van der Waals surface area contributed by atoms with Crippen LogP contribution in [0.2, 0.25) is 10.0 Å². The summed E-state index contributed by atoms with van der Waals surface area (Å²) < 4.78 is 0. The number of hydrogen-bond acceptors (Lipinski definition) is 3. The molecule has 0 spiro atoms. The SMILES string of the molecule is CC(C)(C)C(=O)NC1(c2ccccc2)CCN(C(CCC2CCCNC2)c2ccc(Cl)c(Cl)c2)CC1.Cl. The van der Waals surface area contributed by atoms with Gasteiger partial charge < -0.3 is 10.6 Å². The fourth-order valence-electron chi connectivity index (χ4n) is 5.71.